The first kappa shape index (κ1) is 21.6. The quantitative estimate of drug-likeness (QED) is 0.684. The topological polar surface area (TPSA) is 49.4 Å². The van der Waals surface area contributed by atoms with Gasteiger partial charge in [0.15, 0.2) is 0 Å². The van der Waals surface area contributed by atoms with Gasteiger partial charge in [-0.25, -0.2) is 0 Å². The lowest BCUT2D eigenvalue weighted by Crippen LogP contribution is -2.35. The summed E-state index contributed by atoms with van der Waals surface area (Å²) >= 11 is 0. The highest BCUT2D eigenvalue weighted by Crippen LogP contribution is 2.35. The van der Waals surface area contributed by atoms with Crippen molar-refractivity contribution in [1.82, 2.24) is 4.90 Å². The number of nitrogens with zero attached hydrogens (tertiary/aromatic N) is 1. The van der Waals surface area contributed by atoms with Crippen molar-refractivity contribution in [1.29, 1.82) is 0 Å². The van der Waals surface area contributed by atoms with Crippen LogP contribution in [0.3, 0.4) is 0 Å². The van der Waals surface area contributed by atoms with Crippen molar-refractivity contribution in [3.63, 3.8) is 0 Å². The maximum absolute atomic E-state index is 13.1. The Bertz CT molecular complexity index is 1040. The average Bonchev–Trinajstić information content (AvgIpc) is 2.86. The molecule has 1 aliphatic rings. The van der Waals surface area contributed by atoms with Gasteiger partial charge in [-0.05, 0) is 49.1 Å². The monoisotopic (exact) mass is 416 g/mol. The van der Waals surface area contributed by atoms with E-state index in [2.05, 4.69) is 5.32 Å². The van der Waals surface area contributed by atoms with Crippen LogP contribution >= 0.6 is 0 Å². The number of aryl methyl sites for hydroxylation is 2. The Balaban J connectivity index is 2.11. The van der Waals surface area contributed by atoms with Crippen LogP contribution < -0.4 is 5.32 Å². The average molecular weight is 416 g/mol. The van der Waals surface area contributed by atoms with E-state index in [4.69, 9.17) is 0 Å². The van der Waals surface area contributed by atoms with E-state index in [0.29, 0.717) is 5.56 Å². The van der Waals surface area contributed by atoms with Crippen LogP contribution in [-0.4, -0.2) is 23.3 Å². The summed E-state index contributed by atoms with van der Waals surface area (Å²) in [6.45, 7) is 7.74. The summed E-state index contributed by atoms with van der Waals surface area (Å²) in [5, 5.41) is 2.79. The highest BCUT2D eigenvalue weighted by atomic mass is 19.4. The highest BCUT2D eigenvalue weighted by Gasteiger charge is 2.40. The van der Waals surface area contributed by atoms with Crippen LogP contribution in [-0.2, 0) is 15.8 Å². The number of carbonyl (C=O) groups excluding carboxylic acids is 2. The fourth-order valence-corrected chi connectivity index (χ4v) is 3.48. The first-order chi connectivity index (χ1) is 14.0. The molecule has 1 aliphatic heterocycles. The van der Waals surface area contributed by atoms with Gasteiger partial charge >= 0.3 is 6.18 Å². The molecule has 0 spiro atoms. The molecule has 30 heavy (non-hydrogen) atoms. The highest BCUT2D eigenvalue weighted by molar-refractivity contribution is 6.36. The molecule has 1 heterocycles. The Morgan fingerprint density at radius 1 is 1.00 bits per heavy atom. The van der Waals surface area contributed by atoms with E-state index in [-0.39, 0.29) is 29.4 Å². The molecule has 158 valence electrons. The molecule has 1 N–H and O–H groups in total. The van der Waals surface area contributed by atoms with E-state index in [9.17, 15) is 22.8 Å². The zero-order valence-electron chi connectivity index (χ0n) is 17.2. The van der Waals surface area contributed by atoms with E-state index >= 15 is 0 Å². The van der Waals surface area contributed by atoms with Crippen LogP contribution in [0.1, 0.15) is 36.1 Å². The Morgan fingerprint density at radius 2 is 1.70 bits per heavy atom. The predicted octanol–water partition coefficient (Wildman–Crippen LogP) is 5.17. The molecule has 3 rings (SSSR count). The molecule has 0 unspecified atom stereocenters. The number of halogens is 3. The summed E-state index contributed by atoms with van der Waals surface area (Å²) in [6, 6.07) is 10.1. The molecular weight excluding hydrogens is 393 g/mol. The van der Waals surface area contributed by atoms with Gasteiger partial charge < -0.3 is 5.32 Å². The third-order valence-corrected chi connectivity index (χ3v) is 4.83. The van der Waals surface area contributed by atoms with Gasteiger partial charge in [-0.3, -0.25) is 14.5 Å². The number of alkyl halides is 3. The Kier molecular flexibility index (Phi) is 5.74. The van der Waals surface area contributed by atoms with E-state index in [1.165, 1.54) is 12.1 Å². The molecule has 2 aromatic rings. The minimum Gasteiger partial charge on any atom is -0.350 e. The van der Waals surface area contributed by atoms with Gasteiger partial charge in [0.1, 0.15) is 5.70 Å². The molecule has 2 amide bonds. The molecule has 0 aliphatic carbocycles. The van der Waals surface area contributed by atoms with Crippen molar-refractivity contribution in [2.45, 2.75) is 33.9 Å². The van der Waals surface area contributed by atoms with E-state index < -0.39 is 23.6 Å². The first-order valence-corrected chi connectivity index (χ1v) is 9.61. The Morgan fingerprint density at radius 3 is 2.30 bits per heavy atom. The van der Waals surface area contributed by atoms with Gasteiger partial charge in [0.2, 0.25) is 0 Å². The zero-order chi connectivity index (χ0) is 22.2. The number of carbonyl (C=O) groups is 2. The smallest absolute Gasteiger partial charge is 0.350 e. The summed E-state index contributed by atoms with van der Waals surface area (Å²) in [4.78, 5) is 27.4. The summed E-state index contributed by atoms with van der Waals surface area (Å²) in [5.41, 5.74) is 1.81. The number of benzene rings is 2. The molecule has 0 atom stereocenters. The van der Waals surface area contributed by atoms with Gasteiger partial charge in [0.25, 0.3) is 11.8 Å². The van der Waals surface area contributed by atoms with Crippen molar-refractivity contribution in [2.24, 2.45) is 5.92 Å². The summed E-state index contributed by atoms with van der Waals surface area (Å²) < 4.78 is 39.3. The van der Waals surface area contributed by atoms with Crippen LogP contribution in [0.4, 0.5) is 18.9 Å². The molecule has 2 aromatic carbocycles. The lowest BCUT2D eigenvalue weighted by Gasteiger charge is -2.17. The number of amides is 2. The lowest BCUT2D eigenvalue weighted by atomic mass is 9.97. The van der Waals surface area contributed by atoms with Crippen molar-refractivity contribution in [2.75, 3.05) is 11.9 Å². The third kappa shape index (κ3) is 4.25. The largest absolute Gasteiger partial charge is 0.416 e. The summed E-state index contributed by atoms with van der Waals surface area (Å²) in [5.74, 6) is -0.942. The lowest BCUT2D eigenvalue weighted by molar-refractivity contribution is -0.138. The minimum atomic E-state index is -4.51. The number of rotatable bonds is 5. The fourth-order valence-electron chi connectivity index (χ4n) is 3.48. The standard InChI is InChI=1S/C23H23F3N2O2/c1-13(2)12-28-21(29)19(18-9-8-14(3)10-15(18)4)20(22(28)30)27-17-7-5-6-16(11-17)23(24,25)26/h5-11,13,27H,12H2,1-4H3. The van der Waals surface area contributed by atoms with Crippen LogP contribution in [0.5, 0.6) is 0 Å². The van der Waals surface area contributed by atoms with Crippen LogP contribution in [0.15, 0.2) is 48.2 Å². The van der Waals surface area contributed by atoms with Crippen molar-refractivity contribution in [3.8, 4) is 0 Å². The van der Waals surface area contributed by atoms with Gasteiger partial charge in [0.05, 0.1) is 11.1 Å². The number of hydrogen-bond donors (Lipinski definition) is 1. The van der Waals surface area contributed by atoms with E-state index in [1.54, 1.807) is 6.07 Å². The van der Waals surface area contributed by atoms with Gasteiger partial charge in [-0.15, -0.1) is 0 Å². The van der Waals surface area contributed by atoms with Gasteiger partial charge in [0, 0.05) is 12.2 Å². The van der Waals surface area contributed by atoms with E-state index in [0.717, 1.165) is 28.2 Å². The van der Waals surface area contributed by atoms with Crippen molar-refractivity contribution < 1.29 is 22.8 Å². The summed E-state index contributed by atoms with van der Waals surface area (Å²) in [7, 11) is 0. The first-order valence-electron chi connectivity index (χ1n) is 9.61. The fraction of sp³-hybridized carbons (Fsp3) is 0.304. The number of nitrogens with one attached hydrogen (secondary N) is 1. The molecule has 0 aromatic heterocycles. The normalized spacial score (nSPS) is 14.9. The second kappa shape index (κ2) is 7.97. The number of imide groups is 1. The molecule has 0 fully saturated rings. The zero-order valence-corrected chi connectivity index (χ0v) is 17.2. The molecule has 0 saturated carbocycles. The van der Waals surface area contributed by atoms with Crippen LogP contribution in [0.25, 0.3) is 5.57 Å². The minimum absolute atomic E-state index is 0.00747. The second-order valence-corrected chi connectivity index (χ2v) is 7.89. The number of anilines is 1. The molecule has 0 radical (unpaired) electrons. The molecule has 0 bridgehead atoms. The third-order valence-electron chi connectivity index (χ3n) is 4.83. The van der Waals surface area contributed by atoms with Gasteiger partial charge in [-0.1, -0.05) is 43.7 Å². The van der Waals surface area contributed by atoms with Crippen molar-refractivity contribution in [3.05, 3.63) is 70.4 Å². The van der Waals surface area contributed by atoms with Gasteiger partial charge in [-0.2, -0.15) is 13.2 Å². The number of hydrogen-bond acceptors (Lipinski definition) is 3. The molecule has 4 nitrogen and oxygen atoms in total. The second-order valence-electron chi connectivity index (χ2n) is 7.89. The molecule has 7 heteroatoms. The van der Waals surface area contributed by atoms with Crippen molar-refractivity contribution >= 4 is 23.1 Å². The maximum atomic E-state index is 13.1. The Hall–Kier alpha value is -3.09. The summed E-state index contributed by atoms with van der Waals surface area (Å²) in [6.07, 6.45) is -4.51. The SMILES string of the molecule is Cc1ccc(C2=C(Nc3cccc(C(F)(F)F)c3)C(=O)N(CC(C)C)C2=O)c(C)c1. The van der Waals surface area contributed by atoms with Crippen LogP contribution in [0.2, 0.25) is 0 Å². The molecule has 0 saturated heterocycles. The maximum Gasteiger partial charge on any atom is 0.416 e. The Labute approximate surface area is 173 Å². The molecular formula is C23H23F3N2O2. The van der Waals surface area contributed by atoms with Crippen LogP contribution in [0, 0.1) is 19.8 Å². The predicted molar refractivity (Wildman–Crippen MR) is 109 cm³/mol. The van der Waals surface area contributed by atoms with E-state index in [1.807, 2.05) is 39.8 Å².